The van der Waals surface area contributed by atoms with Crippen LogP contribution in [0.25, 0.3) is 10.8 Å². The van der Waals surface area contributed by atoms with Gasteiger partial charge in [-0.15, -0.1) is 0 Å². The van der Waals surface area contributed by atoms with Crippen molar-refractivity contribution in [2.45, 2.75) is 11.8 Å². The van der Waals surface area contributed by atoms with E-state index in [1.54, 1.807) is 55.7 Å². The fourth-order valence-electron chi connectivity index (χ4n) is 2.12. The lowest BCUT2D eigenvalue weighted by Gasteiger charge is -2.10. The smallest absolute Gasteiger partial charge is 0.263 e. The number of benzene rings is 1. The summed E-state index contributed by atoms with van der Waals surface area (Å²) in [6.07, 6.45) is 3.21. The molecule has 1 aromatic carbocycles. The second-order valence-electron chi connectivity index (χ2n) is 4.62. The lowest BCUT2D eigenvalue weighted by molar-refractivity contribution is 0.602. The molecule has 0 aliphatic rings. The molecule has 0 amide bonds. The fraction of sp³-hybridized carbons (Fsp3) is 0.0667. The van der Waals surface area contributed by atoms with E-state index in [0.29, 0.717) is 11.2 Å². The maximum Gasteiger partial charge on any atom is 0.263 e. The van der Waals surface area contributed by atoms with Gasteiger partial charge in [0.1, 0.15) is 5.82 Å². The van der Waals surface area contributed by atoms with Gasteiger partial charge in [0.05, 0.1) is 4.90 Å². The van der Waals surface area contributed by atoms with Crippen molar-refractivity contribution in [2.75, 3.05) is 4.72 Å². The van der Waals surface area contributed by atoms with E-state index in [4.69, 9.17) is 0 Å². The van der Waals surface area contributed by atoms with E-state index >= 15 is 0 Å². The SMILES string of the molecule is Cc1cccc(NS(=O)(=O)c2cccc3cnccc23)n1. The molecule has 0 aliphatic heterocycles. The second kappa shape index (κ2) is 5.14. The van der Waals surface area contributed by atoms with E-state index in [2.05, 4.69) is 14.7 Å². The first-order chi connectivity index (χ1) is 10.1. The summed E-state index contributed by atoms with van der Waals surface area (Å²) in [5.41, 5.74) is 0.748. The van der Waals surface area contributed by atoms with Crippen LogP contribution in [0.4, 0.5) is 5.82 Å². The minimum Gasteiger partial charge on any atom is -0.264 e. The number of hydrogen-bond acceptors (Lipinski definition) is 4. The standard InChI is InChI=1S/C15H13N3O2S/c1-11-4-2-7-15(17-11)18-21(19,20)14-6-3-5-12-10-16-9-8-13(12)14/h2-10H,1H3,(H,17,18). The number of nitrogens with one attached hydrogen (secondary N) is 1. The van der Waals surface area contributed by atoms with Crippen LogP contribution < -0.4 is 4.72 Å². The summed E-state index contributed by atoms with van der Waals surface area (Å²) in [5, 5.41) is 1.41. The van der Waals surface area contributed by atoms with Crippen molar-refractivity contribution in [1.82, 2.24) is 9.97 Å². The Balaban J connectivity index is 2.09. The van der Waals surface area contributed by atoms with E-state index in [-0.39, 0.29) is 4.90 Å². The van der Waals surface area contributed by atoms with Crippen LogP contribution in [0.1, 0.15) is 5.69 Å². The minimum atomic E-state index is -3.70. The van der Waals surface area contributed by atoms with E-state index in [9.17, 15) is 8.42 Å². The average molecular weight is 299 g/mol. The topological polar surface area (TPSA) is 72.0 Å². The Hall–Kier alpha value is -2.47. The molecule has 106 valence electrons. The third kappa shape index (κ3) is 2.71. The van der Waals surface area contributed by atoms with Crippen molar-refractivity contribution < 1.29 is 8.42 Å². The van der Waals surface area contributed by atoms with E-state index in [1.807, 2.05) is 6.07 Å². The summed E-state index contributed by atoms with van der Waals surface area (Å²) >= 11 is 0. The van der Waals surface area contributed by atoms with Gasteiger partial charge in [-0.25, -0.2) is 13.4 Å². The summed E-state index contributed by atoms with van der Waals surface area (Å²) < 4.78 is 27.6. The predicted molar refractivity (Wildman–Crippen MR) is 81.5 cm³/mol. The lowest BCUT2D eigenvalue weighted by Crippen LogP contribution is -2.14. The maximum absolute atomic E-state index is 12.6. The van der Waals surface area contributed by atoms with Gasteiger partial charge < -0.3 is 0 Å². The first kappa shape index (κ1) is 13.5. The number of anilines is 1. The van der Waals surface area contributed by atoms with Crippen LogP contribution >= 0.6 is 0 Å². The highest BCUT2D eigenvalue weighted by Gasteiger charge is 2.17. The fourth-order valence-corrected chi connectivity index (χ4v) is 3.35. The molecule has 2 heterocycles. The molecule has 0 saturated heterocycles. The Morgan fingerprint density at radius 2 is 1.86 bits per heavy atom. The molecule has 0 spiro atoms. The van der Waals surface area contributed by atoms with Crippen LogP contribution in [0.5, 0.6) is 0 Å². The van der Waals surface area contributed by atoms with Crippen LogP contribution in [0.2, 0.25) is 0 Å². The Morgan fingerprint density at radius 3 is 2.67 bits per heavy atom. The molecule has 0 saturated carbocycles. The first-order valence-corrected chi connectivity index (χ1v) is 7.84. The van der Waals surface area contributed by atoms with Gasteiger partial charge in [-0.1, -0.05) is 18.2 Å². The summed E-state index contributed by atoms with van der Waals surface area (Å²) in [6.45, 7) is 1.81. The van der Waals surface area contributed by atoms with Gasteiger partial charge in [0.25, 0.3) is 10.0 Å². The van der Waals surface area contributed by atoms with Crippen molar-refractivity contribution >= 4 is 26.6 Å². The highest BCUT2D eigenvalue weighted by molar-refractivity contribution is 7.93. The normalized spacial score (nSPS) is 11.5. The largest absolute Gasteiger partial charge is 0.264 e. The van der Waals surface area contributed by atoms with Crippen LogP contribution in [-0.2, 0) is 10.0 Å². The lowest BCUT2D eigenvalue weighted by atomic mass is 10.2. The third-order valence-corrected chi connectivity index (χ3v) is 4.47. The van der Waals surface area contributed by atoms with Gasteiger partial charge in [-0.2, -0.15) is 0 Å². The molecule has 21 heavy (non-hydrogen) atoms. The summed E-state index contributed by atoms with van der Waals surface area (Å²) in [6, 6.07) is 12.0. The van der Waals surface area contributed by atoms with Gasteiger partial charge in [-0.05, 0) is 31.2 Å². The summed E-state index contributed by atoms with van der Waals surface area (Å²) in [4.78, 5) is 8.38. The maximum atomic E-state index is 12.6. The molecule has 2 aromatic heterocycles. The Kier molecular flexibility index (Phi) is 3.31. The molecule has 0 unspecified atom stereocenters. The molecule has 0 radical (unpaired) electrons. The quantitative estimate of drug-likeness (QED) is 0.807. The van der Waals surface area contributed by atoms with Crippen molar-refractivity contribution in [3.8, 4) is 0 Å². The van der Waals surface area contributed by atoms with Gasteiger partial charge in [0.15, 0.2) is 0 Å². The molecular weight excluding hydrogens is 286 g/mol. The number of fused-ring (bicyclic) bond motifs is 1. The zero-order valence-electron chi connectivity index (χ0n) is 11.3. The molecule has 0 bridgehead atoms. The molecule has 6 heteroatoms. The molecule has 0 fully saturated rings. The Bertz CT molecular complexity index is 902. The van der Waals surface area contributed by atoms with E-state index in [0.717, 1.165) is 11.1 Å². The van der Waals surface area contributed by atoms with Crippen molar-refractivity contribution in [2.24, 2.45) is 0 Å². The van der Waals surface area contributed by atoms with Gasteiger partial charge in [0, 0.05) is 28.9 Å². The van der Waals surface area contributed by atoms with Crippen LogP contribution in [0, 0.1) is 6.92 Å². The number of rotatable bonds is 3. The zero-order valence-corrected chi connectivity index (χ0v) is 12.1. The Morgan fingerprint density at radius 1 is 1.05 bits per heavy atom. The molecule has 3 aromatic rings. The van der Waals surface area contributed by atoms with Crippen LogP contribution in [-0.4, -0.2) is 18.4 Å². The number of nitrogens with zero attached hydrogens (tertiary/aromatic N) is 2. The molecular formula is C15H13N3O2S. The average Bonchev–Trinajstić information content (AvgIpc) is 2.46. The molecule has 5 nitrogen and oxygen atoms in total. The van der Waals surface area contributed by atoms with E-state index < -0.39 is 10.0 Å². The third-order valence-electron chi connectivity index (χ3n) is 3.06. The van der Waals surface area contributed by atoms with Crippen molar-refractivity contribution in [3.63, 3.8) is 0 Å². The zero-order chi connectivity index (χ0) is 14.9. The molecule has 0 atom stereocenters. The van der Waals surface area contributed by atoms with Crippen molar-refractivity contribution in [3.05, 3.63) is 60.6 Å². The predicted octanol–water partition coefficient (Wildman–Crippen LogP) is 2.74. The molecule has 0 aliphatic carbocycles. The highest BCUT2D eigenvalue weighted by Crippen LogP contribution is 2.23. The minimum absolute atomic E-state index is 0.214. The van der Waals surface area contributed by atoms with Crippen LogP contribution in [0.15, 0.2) is 59.8 Å². The van der Waals surface area contributed by atoms with Crippen molar-refractivity contribution in [1.29, 1.82) is 0 Å². The number of pyridine rings is 2. The van der Waals surface area contributed by atoms with Gasteiger partial charge in [0.2, 0.25) is 0 Å². The number of aryl methyl sites for hydroxylation is 1. The first-order valence-electron chi connectivity index (χ1n) is 6.35. The van der Waals surface area contributed by atoms with Gasteiger partial charge >= 0.3 is 0 Å². The molecule has 3 rings (SSSR count). The summed E-state index contributed by atoms with van der Waals surface area (Å²) in [7, 11) is -3.70. The number of hydrogen-bond donors (Lipinski definition) is 1. The number of aromatic nitrogens is 2. The summed E-state index contributed by atoms with van der Waals surface area (Å²) in [5.74, 6) is 0.307. The molecule has 1 N–H and O–H groups in total. The van der Waals surface area contributed by atoms with Gasteiger partial charge in [-0.3, -0.25) is 9.71 Å². The Labute approximate surface area is 122 Å². The highest BCUT2D eigenvalue weighted by atomic mass is 32.2. The number of sulfonamides is 1. The van der Waals surface area contributed by atoms with Crippen LogP contribution in [0.3, 0.4) is 0 Å². The van der Waals surface area contributed by atoms with E-state index in [1.165, 1.54) is 0 Å². The second-order valence-corrected chi connectivity index (χ2v) is 6.27. The monoisotopic (exact) mass is 299 g/mol.